The van der Waals surface area contributed by atoms with Crippen LogP contribution in [0.25, 0.3) is 0 Å². The molecule has 4 saturated carbocycles. The average Bonchev–Trinajstić information content (AvgIpc) is 2.10. The zero-order valence-corrected chi connectivity index (χ0v) is 10.6. The van der Waals surface area contributed by atoms with Crippen molar-refractivity contribution in [2.75, 3.05) is 7.11 Å². The molecule has 4 rings (SSSR count). The Hall–Kier alpha value is -0.530. The van der Waals surface area contributed by atoms with Gasteiger partial charge in [0.1, 0.15) is 0 Å². The molecule has 0 N–H and O–H groups in total. The number of esters is 1. The Morgan fingerprint density at radius 2 is 1.62 bits per heavy atom. The number of rotatable bonds is 1. The minimum atomic E-state index is -0.164. The molecule has 0 heterocycles. The van der Waals surface area contributed by atoms with Gasteiger partial charge in [-0.25, -0.2) is 0 Å². The maximum Gasteiger partial charge on any atom is 0.311 e. The van der Waals surface area contributed by atoms with Crippen molar-refractivity contribution in [1.82, 2.24) is 0 Å². The summed E-state index contributed by atoms with van der Waals surface area (Å²) in [6.45, 7) is 4.72. The molecule has 0 amide bonds. The minimum Gasteiger partial charge on any atom is -0.469 e. The molecule has 0 spiro atoms. The lowest BCUT2D eigenvalue weighted by Gasteiger charge is -2.63. The third-order valence-electron chi connectivity index (χ3n) is 4.94. The maximum atomic E-state index is 12.1. The zero-order valence-electron chi connectivity index (χ0n) is 10.6. The monoisotopic (exact) mass is 221 g/mol. The molecule has 2 atom stereocenters. The highest BCUT2D eigenvalue weighted by Gasteiger charge is 2.63. The average molecular weight is 221 g/mol. The van der Waals surface area contributed by atoms with Crippen LogP contribution in [0.2, 0.25) is 0 Å². The summed E-state index contributed by atoms with van der Waals surface area (Å²) in [5, 5.41) is 0. The Bertz CT molecular complexity index is 329. The van der Waals surface area contributed by atoms with Crippen LogP contribution in [0.1, 0.15) is 52.4 Å². The van der Waals surface area contributed by atoms with E-state index in [1.165, 1.54) is 26.4 Å². The smallest absolute Gasteiger partial charge is 0.311 e. The second-order valence-corrected chi connectivity index (χ2v) is 7.20. The summed E-state index contributed by atoms with van der Waals surface area (Å²) < 4.78 is 5.07. The minimum absolute atomic E-state index is 0.0431. The molecule has 0 aromatic carbocycles. The standard InChI is InChI=1S/C14H21O2/c1-12-4-10-5-13(2,7-12)9-14(6-10,8-12)11(15)16-3/h4-9H2,1-3H3. The Kier molecular flexibility index (Phi) is 1.88. The van der Waals surface area contributed by atoms with Crippen LogP contribution >= 0.6 is 0 Å². The molecule has 1 radical (unpaired) electrons. The van der Waals surface area contributed by atoms with E-state index in [1.54, 1.807) is 5.92 Å². The predicted molar refractivity (Wildman–Crippen MR) is 61.6 cm³/mol. The van der Waals surface area contributed by atoms with Crippen molar-refractivity contribution >= 4 is 5.97 Å². The molecule has 0 saturated heterocycles. The number of methoxy groups -OCH3 is 1. The van der Waals surface area contributed by atoms with Gasteiger partial charge in [0.2, 0.25) is 0 Å². The summed E-state index contributed by atoms with van der Waals surface area (Å²) in [4.78, 5) is 12.1. The molecule has 4 fully saturated rings. The van der Waals surface area contributed by atoms with E-state index in [1.807, 2.05) is 0 Å². The molecule has 2 unspecified atom stereocenters. The van der Waals surface area contributed by atoms with E-state index >= 15 is 0 Å². The summed E-state index contributed by atoms with van der Waals surface area (Å²) in [6, 6.07) is 0. The van der Waals surface area contributed by atoms with E-state index in [0.717, 1.165) is 19.3 Å². The summed E-state index contributed by atoms with van der Waals surface area (Å²) in [5.74, 6) is 1.67. The molecular formula is C14H21O2. The molecule has 4 aliphatic carbocycles. The van der Waals surface area contributed by atoms with Crippen molar-refractivity contribution in [2.24, 2.45) is 16.2 Å². The number of hydrogen-bond acceptors (Lipinski definition) is 2. The van der Waals surface area contributed by atoms with Crippen molar-refractivity contribution in [1.29, 1.82) is 0 Å². The number of ether oxygens (including phenoxy) is 1. The van der Waals surface area contributed by atoms with E-state index in [4.69, 9.17) is 4.74 Å². The van der Waals surface area contributed by atoms with Crippen LogP contribution in [0.15, 0.2) is 0 Å². The van der Waals surface area contributed by atoms with Crippen LogP contribution < -0.4 is 0 Å². The molecule has 2 heteroatoms. The van der Waals surface area contributed by atoms with Crippen molar-refractivity contribution in [3.63, 3.8) is 0 Å². The van der Waals surface area contributed by atoms with Gasteiger partial charge < -0.3 is 4.74 Å². The number of carbonyl (C=O) groups is 1. The first-order valence-corrected chi connectivity index (χ1v) is 6.31. The Balaban J connectivity index is 2.01. The maximum absolute atomic E-state index is 12.1. The summed E-state index contributed by atoms with van der Waals surface area (Å²) >= 11 is 0. The van der Waals surface area contributed by atoms with Crippen LogP contribution in [0, 0.1) is 22.2 Å². The molecule has 89 valence electrons. The fraction of sp³-hybridized carbons (Fsp3) is 0.857. The number of carbonyl (C=O) groups excluding carboxylic acids is 1. The van der Waals surface area contributed by atoms with Crippen LogP contribution in [0.3, 0.4) is 0 Å². The molecule has 2 nitrogen and oxygen atoms in total. The van der Waals surface area contributed by atoms with Crippen LogP contribution in [0.4, 0.5) is 0 Å². The second-order valence-electron chi connectivity index (χ2n) is 7.20. The lowest BCUT2D eigenvalue weighted by atomic mass is 9.40. The van der Waals surface area contributed by atoms with Crippen LogP contribution in [-0.2, 0) is 9.53 Å². The van der Waals surface area contributed by atoms with Gasteiger partial charge >= 0.3 is 5.97 Å². The lowest BCUT2D eigenvalue weighted by Crippen LogP contribution is -2.57. The first-order valence-electron chi connectivity index (χ1n) is 6.31. The molecule has 0 aromatic rings. The molecule has 4 bridgehead atoms. The van der Waals surface area contributed by atoms with Crippen LogP contribution in [0.5, 0.6) is 0 Å². The Morgan fingerprint density at radius 1 is 1.06 bits per heavy atom. The summed E-state index contributed by atoms with van der Waals surface area (Å²) in [6.07, 6.45) is 6.90. The first kappa shape index (κ1) is 10.6. The third-order valence-corrected chi connectivity index (χ3v) is 4.94. The summed E-state index contributed by atoms with van der Waals surface area (Å²) in [7, 11) is 1.54. The van der Waals surface area contributed by atoms with Gasteiger partial charge in [-0.15, -0.1) is 0 Å². The van der Waals surface area contributed by atoms with Gasteiger partial charge in [-0.1, -0.05) is 13.8 Å². The molecule has 16 heavy (non-hydrogen) atoms. The quantitative estimate of drug-likeness (QED) is 0.636. The van der Waals surface area contributed by atoms with Gasteiger partial charge in [0.25, 0.3) is 0 Å². The fourth-order valence-electron chi connectivity index (χ4n) is 5.53. The van der Waals surface area contributed by atoms with E-state index in [2.05, 4.69) is 13.8 Å². The largest absolute Gasteiger partial charge is 0.469 e. The van der Waals surface area contributed by atoms with Gasteiger partial charge in [-0.05, 0) is 55.3 Å². The third kappa shape index (κ3) is 1.28. The first-order chi connectivity index (χ1) is 7.39. The van der Waals surface area contributed by atoms with Crippen molar-refractivity contribution in [3.05, 3.63) is 5.92 Å². The van der Waals surface area contributed by atoms with Crippen molar-refractivity contribution in [2.45, 2.75) is 52.4 Å². The zero-order chi connectivity index (χ0) is 11.6. The molecule has 0 aromatic heterocycles. The van der Waals surface area contributed by atoms with E-state index in [-0.39, 0.29) is 11.4 Å². The van der Waals surface area contributed by atoms with Crippen molar-refractivity contribution < 1.29 is 9.53 Å². The molecule has 0 aliphatic heterocycles. The van der Waals surface area contributed by atoms with E-state index in [9.17, 15) is 4.79 Å². The second kappa shape index (κ2) is 2.83. The summed E-state index contributed by atoms with van der Waals surface area (Å²) in [5.41, 5.74) is 0.572. The fourth-order valence-corrected chi connectivity index (χ4v) is 5.53. The highest BCUT2D eigenvalue weighted by molar-refractivity contribution is 5.78. The van der Waals surface area contributed by atoms with E-state index in [0.29, 0.717) is 10.8 Å². The predicted octanol–water partition coefficient (Wildman–Crippen LogP) is 3.11. The number of hydrogen-bond donors (Lipinski definition) is 0. The SMILES string of the molecule is COC(=O)C12C[C]3CC(C)(CC(C)(C3)C1)C2. The lowest BCUT2D eigenvalue weighted by molar-refractivity contribution is -0.174. The topological polar surface area (TPSA) is 26.3 Å². The van der Waals surface area contributed by atoms with E-state index < -0.39 is 0 Å². The molecular weight excluding hydrogens is 200 g/mol. The van der Waals surface area contributed by atoms with Crippen molar-refractivity contribution in [3.8, 4) is 0 Å². The highest BCUT2D eigenvalue weighted by atomic mass is 16.5. The Labute approximate surface area is 97.7 Å². The van der Waals surface area contributed by atoms with Gasteiger partial charge in [0.05, 0.1) is 12.5 Å². The van der Waals surface area contributed by atoms with Gasteiger partial charge in [-0.2, -0.15) is 0 Å². The highest BCUT2D eigenvalue weighted by Crippen LogP contribution is 2.70. The van der Waals surface area contributed by atoms with Crippen LogP contribution in [-0.4, -0.2) is 13.1 Å². The van der Waals surface area contributed by atoms with Gasteiger partial charge in [0, 0.05) is 0 Å². The normalized spacial score (nSPS) is 50.7. The van der Waals surface area contributed by atoms with Gasteiger partial charge in [-0.3, -0.25) is 4.79 Å². The Morgan fingerprint density at radius 3 is 2.06 bits per heavy atom. The van der Waals surface area contributed by atoms with Gasteiger partial charge in [0.15, 0.2) is 0 Å². The molecule has 4 aliphatic rings.